The number of rotatable bonds is 2. The van der Waals surface area contributed by atoms with Gasteiger partial charge in [0.25, 0.3) is 0 Å². The quantitative estimate of drug-likeness (QED) is 0.764. The maximum atomic E-state index is 13.7. The van der Waals surface area contributed by atoms with Crippen molar-refractivity contribution in [1.82, 2.24) is 9.78 Å². The predicted octanol–water partition coefficient (Wildman–Crippen LogP) is 2.72. The zero-order valence-electron chi connectivity index (χ0n) is 10.9. The van der Waals surface area contributed by atoms with Gasteiger partial charge in [-0.15, -0.1) is 0 Å². The fraction of sp³-hybridized carbons (Fsp3) is 0.286. The molecule has 0 radical (unpaired) electrons. The van der Waals surface area contributed by atoms with Gasteiger partial charge in [0.1, 0.15) is 5.82 Å². The summed E-state index contributed by atoms with van der Waals surface area (Å²) in [5.74, 6) is -0.799. The Labute approximate surface area is 105 Å². The van der Waals surface area contributed by atoms with E-state index in [4.69, 9.17) is 0 Å². The minimum atomic E-state index is -0.492. The molecule has 0 saturated carbocycles. The molecule has 0 fully saturated rings. The van der Waals surface area contributed by atoms with Crippen LogP contribution in [-0.2, 0) is 7.05 Å². The monoisotopic (exact) mass is 246 g/mol. The summed E-state index contributed by atoms with van der Waals surface area (Å²) in [6.45, 7) is 5.40. The molecule has 1 aromatic carbocycles. The Morgan fingerprint density at radius 1 is 1.28 bits per heavy atom. The summed E-state index contributed by atoms with van der Waals surface area (Å²) in [5, 5.41) is 4.18. The first-order chi connectivity index (χ1) is 8.41. The Hall–Kier alpha value is -1.97. The van der Waals surface area contributed by atoms with Crippen LogP contribution in [-0.4, -0.2) is 15.6 Å². The summed E-state index contributed by atoms with van der Waals surface area (Å²) in [4.78, 5) is 12.4. The molecule has 0 bridgehead atoms. The van der Waals surface area contributed by atoms with Gasteiger partial charge < -0.3 is 0 Å². The maximum absolute atomic E-state index is 13.7. The van der Waals surface area contributed by atoms with Crippen LogP contribution in [0.15, 0.2) is 18.2 Å². The van der Waals surface area contributed by atoms with Crippen molar-refractivity contribution in [2.45, 2.75) is 20.8 Å². The number of aryl methyl sites for hydroxylation is 3. The van der Waals surface area contributed by atoms with E-state index in [0.29, 0.717) is 11.3 Å². The van der Waals surface area contributed by atoms with Gasteiger partial charge >= 0.3 is 0 Å². The van der Waals surface area contributed by atoms with E-state index in [0.717, 1.165) is 11.3 Å². The van der Waals surface area contributed by atoms with Crippen molar-refractivity contribution in [3.05, 3.63) is 52.1 Å². The van der Waals surface area contributed by atoms with Crippen molar-refractivity contribution in [3.63, 3.8) is 0 Å². The lowest BCUT2D eigenvalue weighted by Crippen LogP contribution is -2.07. The molecule has 4 heteroatoms. The molecule has 3 nitrogen and oxygen atoms in total. The fourth-order valence-electron chi connectivity index (χ4n) is 2.05. The molecule has 0 unspecified atom stereocenters. The van der Waals surface area contributed by atoms with Crippen molar-refractivity contribution >= 4 is 5.78 Å². The largest absolute Gasteiger partial charge is 0.288 e. The number of hydrogen-bond donors (Lipinski definition) is 0. The van der Waals surface area contributed by atoms with Gasteiger partial charge in [-0.05, 0) is 32.9 Å². The number of nitrogens with zero attached hydrogens (tertiary/aromatic N) is 2. The first-order valence-corrected chi connectivity index (χ1v) is 5.73. The number of hydrogen-bond acceptors (Lipinski definition) is 2. The first kappa shape index (κ1) is 12.5. The number of benzene rings is 1. The molecule has 1 aromatic heterocycles. The minimum absolute atomic E-state index is 0.106. The Morgan fingerprint density at radius 2 is 1.94 bits per heavy atom. The maximum Gasteiger partial charge on any atom is 0.199 e. The zero-order valence-corrected chi connectivity index (χ0v) is 10.9. The van der Waals surface area contributed by atoms with Crippen LogP contribution >= 0.6 is 0 Å². The molecule has 0 saturated heterocycles. The van der Waals surface area contributed by atoms with E-state index >= 15 is 0 Å². The van der Waals surface area contributed by atoms with E-state index in [2.05, 4.69) is 5.10 Å². The van der Waals surface area contributed by atoms with Gasteiger partial charge in [-0.3, -0.25) is 9.48 Å². The topological polar surface area (TPSA) is 34.9 Å². The molecule has 0 atom stereocenters. The summed E-state index contributed by atoms with van der Waals surface area (Å²) in [7, 11) is 1.77. The molecule has 0 N–H and O–H groups in total. The lowest BCUT2D eigenvalue weighted by atomic mass is 10.00. The molecule has 94 valence electrons. The molecule has 0 aliphatic heterocycles. The van der Waals surface area contributed by atoms with Crippen LogP contribution in [0.2, 0.25) is 0 Å². The highest BCUT2D eigenvalue weighted by Gasteiger charge is 2.21. The van der Waals surface area contributed by atoms with Crippen molar-refractivity contribution in [1.29, 1.82) is 0 Å². The van der Waals surface area contributed by atoms with Crippen molar-refractivity contribution < 1.29 is 9.18 Å². The summed E-state index contributed by atoms with van der Waals surface area (Å²) >= 11 is 0. The standard InChI is InChI=1S/C14H15FN2O/c1-8-5-6-12(15)11(7-8)14(18)13-9(2)16-17(4)10(13)3/h5-7H,1-4H3. The van der Waals surface area contributed by atoms with Gasteiger partial charge in [-0.2, -0.15) is 5.10 Å². The number of halogens is 1. The lowest BCUT2D eigenvalue weighted by molar-refractivity contribution is 0.103. The minimum Gasteiger partial charge on any atom is -0.288 e. The number of ketones is 1. The van der Waals surface area contributed by atoms with Crippen molar-refractivity contribution in [2.24, 2.45) is 7.05 Å². The van der Waals surface area contributed by atoms with E-state index in [9.17, 15) is 9.18 Å². The van der Waals surface area contributed by atoms with Crippen LogP contribution in [0.1, 0.15) is 32.9 Å². The normalized spacial score (nSPS) is 10.7. The van der Waals surface area contributed by atoms with Gasteiger partial charge in [-0.25, -0.2) is 4.39 Å². The SMILES string of the molecule is Cc1ccc(F)c(C(=O)c2c(C)nn(C)c2C)c1. The molecular formula is C14H15FN2O. The van der Waals surface area contributed by atoms with Crippen molar-refractivity contribution in [2.75, 3.05) is 0 Å². The van der Waals surface area contributed by atoms with E-state index < -0.39 is 5.82 Å². The highest BCUT2D eigenvalue weighted by atomic mass is 19.1. The third kappa shape index (κ3) is 1.94. The molecule has 0 spiro atoms. The Bertz CT molecular complexity index is 629. The molecule has 0 aliphatic rings. The van der Waals surface area contributed by atoms with Crippen LogP contribution in [0.3, 0.4) is 0 Å². The summed E-state index contributed by atoms with van der Waals surface area (Å²) in [6.07, 6.45) is 0. The molecule has 1 heterocycles. The third-order valence-corrected chi connectivity index (χ3v) is 3.10. The summed E-state index contributed by atoms with van der Waals surface area (Å²) in [6, 6.07) is 4.54. The number of carbonyl (C=O) groups is 1. The van der Waals surface area contributed by atoms with Crippen LogP contribution in [0.5, 0.6) is 0 Å². The Kier molecular flexibility index (Phi) is 3.03. The summed E-state index contributed by atoms with van der Waals surface area (Å²) in [5.41, 5.74) is 2.83. The van der Waals surface area contributed by atoms with Crippen molar-refractivity contribution in [3.8, 4) is 0 Å². The Morgan fingerprint density at radius 3 is 2.50 bits per heavy atom. The van der Waals surface area contributed by atoms with Gasteiger partial charge in [0, 0.05) is 12.7 Å². The summed E-state index contributed by atoms with van der Waals surface area (Å²) < 4.78 is 15.4. The second kappa shape index (κ2) is 4.37. The molecule has 2 aromatic rings. The van der Waals surface area contributed by atoms with Gasteiger partial charge in [0.2, 0.25) is 0 Å². The average Bonchev–Trinajstić information content (AvgIpc) is 2.56. The lowest BCUT2D eigenvalue weighted by Gasteiger charge is -2.04. The first-order valence-electron chi connectivity index (χ1n) is 5.73. The highest BCUT2D eigenvalue weighted by molar-refractivity contribution is 6.10. The molecule has 18 heavy (non-hydrogen) atoms. The highest BCUT2D eigenvalue weighted by Crippen LogP contribution is 2.20. The van der Waals surface area contributed by atoms with E-state index in [1.165, 1.54) is 6.07 Å². The second-order valence-electron chi connectivity index (χ2n) is 4.48. The molecule has 0 aliphatic carbocycles. The van der Waals surface area contributed by atoms with Gasteiger partial charge in [0.15, 0.2) is 5.78 Å². The number of carbonyl (C=O) groups excluding carboxylic acids is 1. The van der Waals surface area contributed by atoms with E-state index in [-0.39, 0.29) is 11.3 Å². The molecule has 2 rings (SSSR count). The molecule has 0 amide bonds. The zero-order chi connectivity index (χ0) is 13.4. The van der Waals surface area contributed by atoms with E-state index in [1.807, 2.05) is 6.92 Å². The third-order valence-electron chi connectivity index (χ3n) is 3.10. The van der Waals surface area contributed by atoms with Crippen LogP contribution < -0.4 is 0 Å². The van der Waals surface area contributed by atoms with E-state index in [1.54, 1.807) is 37.7 Å². The fourth-order valence-corrected chi connectivity index (χ4v) is 2.05. The predicted molar refractivity (Wildman–Crippen MR) is 67.3 cm³/mol. The van der Waals surface area contributed by atoms with Crippen LogP contribution in [0, 0.1) is 26.6 Å². The van der Waals surface area contributed by atoms with Gasteiger partial charge in [-0.1, -0.05) is 11.6 Å². The van der Waals surface area contributed by atoms with Gasteiger partial charge in [0.05, 0.1) is 16.8 Å². The van der Waals surface area contributed by atoms with Crippen LogP contribution in [0.4, 0.5) is 4.39 Å². The number of aromatic nitrogens is 2. The Balaban J connectivity index is 2.58. The smallest absolute Gasteiger partial charge is 0.199 e. The average molecular weight is 246 g/mol. The second-order valence-corrected chi connectivity index (χ2v) is 4.48. The molecular weight excluding hydrogens is 231 g/mol. The van der Waals surface area contributed by atoms with Crippen LogP contribution in [0.25, 0.3) is 0 Å².